The first-order valence-electron chi connectivity index (χ1n) is 11.3. The van der Waals surface area contributed by atoms with E-state index in [1.165, 1.54) is 0 Å². The van der Waals surface area contributed by atoms with E-state index in [0.717, 1.165) is 60.6 Å². The molecule has 0 spiro atoms. The van der Waals surface area contributed by atoms with E-state index in [1.807, 2.05) is 31.3 Å². The molecule has 3 aromatic rings. The van der Waals surface area contributed by atoms with Gasteiger partial charge in [-0.15, -0.1) is 0 Å². The van der Waals surface area contributed by atoms with E-state index in [9.17, 15) is 9.59 Å². The van der Waals surface area contributed by atoms with E-state index in [4.69, 9.17) is 5.11 Å². The monoisotopic (exact) mass is 450 g/mol. The van der Waals surface area contributed by atoms with Gasteiger partial charge in [-0.25, -0.2) is 4.98 Å². The Kier molecular flexibility index (Phi) is 7.00. The van der Waals surface area contributed by atoms with Crippen molar-refractivity contribution >= 4 is 22.6 Å². The van der Waals surface area contributed by atoms with Crippen LogP contribution in [0.4, 0.5) is 5.69 Å². The lowest BCUT2D eigenvalue weighted by atomic mass is 10.1. The Labute approximate surface area is 192 Å². The van der Waals surface area contributed by atoms with Crippen LogP contribution < -0.4 is 15.8 Å². The van der Waals surface area contributed by atoms with Gasteiger partial charge in [-0.1, -0.05) is 6.92 Å². The van der Waals surface area contributed by atoms with Gasteiger partial charge in [-0.2, -0.15) is 0 Å². The Hall–Kier alpha value is -3.30. The first-order chi connectivity index (χ1) is 16.0. The molecule has 0 aromatic carbocycles. The maximum Gasteiger partial charge on any atom is 0.270 e. The van der Waals surface area contributed by atoms with E-state index < -0.39 is 0 Å². The van der Waals surface area contributed by atoms with Gasteiger partial charge in [0.2, 0.25) is 0 Å². The predicted molar refractivity (Wildman–Crippen MR) is 127 cm³/mol. The molecule has 9 nitrogen and oxygen atoms in total. The molecule has 4 rings (SSSR count). The highest BCUT2D eigenvalue weighted by atomic mass is 16.3. The number of pyridine rings is 3. The van der Waals surface area contributed by atoms with Crippen molar-refractivity contribution in [3.05, 3.63) is 63.8 Å². The van der Waals surface area contributed by atoms with Crippen molar-refractivity contribution in [2.75, 3.05) is 37.7 Å². The van der Waals surface area contributed by atoms with Crippen LogP contribution in [0.3, 0.4) is 0 Å². The van der Waals surface area contributed by atoms with Crippen LogP contribution in [0.5, 0.6) is 0 Å². The molecule has 9 heteroatoms. The summed E-state index contributed by atoms with van der Waals surface area (Å²) >= 11 is 0. The molecule has 3 aromatic heterocycles. The molecule has 1 aliphatic heterocycles. The van der Waals surface area contributed by atoms with Crippen molar-refractivity contribution in [2.24, 2.45) is 0 Å². The molecule has 3 N–H and O–H groups in total. The Morgan fingerprint density at radius 2 is 1.97 bits per heavy atom. The molecule has 1 amide bonds. The highest BCUT2D eigenvalue weighted by Crippen LogP contribution is 2.18. The van der Waals surface area contributed by atoms with E-state index >= 15 is 0 Å². The van der Waals surface area contributed by atoms with Crippen LogP contribution in [0.2, 0.25) is 0 Å². The maximum absolute atomic E-state index is 12.1. The summed E-state index contributed by atoms with van der Waals surface area (Å²) in [7, 11) is 0. The minimum Gasteiger partial charge on any atom is -0.394 e. The lowest BCUT2D eigenvalue weighted by molar-refractivity contribution is 0.0917. The standard InChI is InChI=1S/C24H30N6O3/c1-3-18-11-21-22(28-23(18)32)10-17(12-25-21)14-29-6-8-30(9-7-29)19-4-5-20(26-13-19)24(33)27-16(2)15-31/h4-5,10-13,16,31H,3,6-9,14-15H2,1-2H3,(H,27,33)(H,28,32)/t16-/m1/s1. The minimum absolute atomic E-state index is 0.0439. The molecule has 174 valence electrons. The molecule has 1 fully saturated rings. The molecule has 4 heterocycles. The third-order valence-corrected chi connectivity index (χ3v) is 5.98. The van der Waals surface area contributed by atoms with Crippen molar-refractivity contribution < 1.29 is 9.90 Å². The molecule has 0 saturated carbocycles. The van der Waals surface area contributed by atoms with Gasteiger partial charge < -0.3 is 20.3 Å². The average molecular weight is 451 g/mol. The van der Waals surface area contributed by atoms with Crippen LogP contribution in [0.1, 0.15) is 35.5 Å². The number of fused-ring (bicyclic) bond motifs is 1. The molecule has 0 bridgehead atoms. The molecular weight excluding hydrogens is 420 g/mol. The number of carbonyl (C=O) groups is 1. The lowest BCUT2D eigenvalue weighted by Gasteiger charge is -2.36. The molecule has 1 saturated heterocycles. The molecule has 1 atom stereocenters. The number of aryl methyl sites for hydroxylation is 1. The van der Waals surface area contributed by atoms with Gasteiger partial charge in [-0.3, -0.25) is 19.5 Å². The van der Waals surface area contributed by atoms with Gasteiger partial charge in [0, 0.05) is 50.5 Å². The van der Waals surface area contributed by atoms with Crippen molar-refractivity contribution in [2.45, 2.75) is 32.9 Å². The maximum atomic E-state index is 12.1. The van der Waals surface area contributed by atoms with Gasteiger partial charge in [0.15, 0.2) is 0 Å². The van der Waals surface area contributed by atoms with Crippen LogP contribution in [-0.2, 0) is 13.0 Å². The molecule has 1 aliphatic rings. The number of rotatable bonds is 7. The summed E-state index contributed by atoms with van der Waals surface area (Å²) in [5.74, 6) is -0.288. The summed E-state index contributed by atoms with van der Waals surface area (Å²) in [6, 6.07) is 7.20. The number of nitrogens with zero attached hydrogens (tertiary/aromatic N) is 4. The summed E-state index contributed by atoms with van der Waals surface area (Å²) in [5.41, 5.74) is 4.69. The molecule has 0 unspecified atom stereocenters. The Morgan fingerprint density at radius 1 is 1.18 bits per heavy atom. The quantitative estimate of drug-likeness (QED) is 0.497. The first kappa shape index (κ1) is 22.9. The number of carbonyl (C=O) groups excluding carboxylic acids is 1. The zero-order valence-electron chi connectivity index (χ0n) is 19.0. The van der Waals surface area contributed by atoms with Crippen molar-refractivity contribution in [1.82, 2.24) is 25.2 Å². The van der Waals surface area contributed by atoms with Crippen molar-refractivity contribution in [3.8, 4) is 0 Å². The van der Waals surface area contributed by atoms with Gasteiger partial charge in [-0.05, 0) is 43.2 Å². The number of aliphatic hydroxyl groups excluding tert-OH is 1. The average Bonchev–Trinajstić information content (AvgIpc) is 2.84. The van der Waals surface area contributed by atoms with Crippen LogP contribution in [-0.4, -0.2) is 69.7 Å². The van der Waals surface area contributed by atoms with Crippen LogP contribution >= 0.6 is 0 Å². The van der Waals surface area contributed by atoms with Crippen LogP contribution in [0, 0.1) is 0 Å². The number of H-pyrrole nitrogens is 1. The number of hydrogen-bond acceptors (Lipinski definition) is 7. The second-order valence-corrected chi connectivity index (χ2v) is 8.48. The summed E-state index contributed by atoms with van der Waals surface area (Å²) in [6.45, 7) is 7.85. The number of anilines is 1. The third-order valence-electron chi connectivity index (χ3n) is 5.98. The fourth-order valence-corrected chi connectivity index (χ4v) is 3.99. The van der Waals surface area contributed by atoms with Gasteiger partial charge >= 0.3 is 0 Å². The normalized spacial score (nSPS) is 15.5. The zero-order valence-corrected chi connectivity index (χ0v) is 19.0. The van der Waals surface area contributed by atoms with Crippen LogP contribution in [0.15, 0.2) is 41.5 Å². The van der Waals surface area contributed by atoms with Gasteiger partial charge in [0.05, 0.1) is 29.5 Å². The third kappa shape index (κ3) is 5.37. The summed E-state index contributed by atoms with van der Waals surface area (Å²) in [6.07, 6.45) is 4.30. The van der Waals surface area contributed by atoms with E-state index in [-0.39, 0.29) is 24.1 Å². The largest absolute Gasteiger partial charge is 0.394 e. The Bertz CT molecular complexity index is 1170. The number of hydrogen-bond donors (Lipinski definition) is 3. The smallest absolute Gasteiger partial charge is 0.270 e. The summed E-state index contributed by atoms with van der Waals surface area (Å²) in [5, 5.41) is 11.8. The molecule has 0 aliphatic carbocycles. The van der Waals surface area contributed by atoms with E-state index in [2.05, 4.69) is 30.1 Å². The predicted octanol–water partition coefficient (Wildman–Crippen LogP) is 1.31. The summed E-state index contributed by atoms with van der Waals surface area (Å²) < 4.78 is 0. The summed E-state index contributed by atoms with van der Waals surface area (Å²) in [4.78, 5) is 40.6. The number of amides is 1. The van der Waals surface area contributed by atoms with Crippen molar-refractivity contribution in [3.63, 3.8) is 0 Å². The second kappa shape index (κ2) is 10.1. The van der Waals surface area contributed by atoms with Crippen LogP contribution in [0.25, 0.3) is 11.0 Å². The van der Waals surface area contributed by atoms with Gasteiger partial charge in [0.1, 0.15) is 5.69 Å². The first-order valence-corrected chi connectivity index (χ1v) is 11.3. The fourth-order valence-electron chi connectivity index (χ4n) is 3.99. The molecule has 0 radical (unpaired) electrons. The number of piperazine rings is 1. The number of nitrogens with one attached hydrogen (secondary N) is 2. The molecule has 33 heavy (non-hydrogen) atoms. The fraction of sp³-hybridized carbons (Fsp3) is 0.417. The highest BCUT2D eigenvalue weighted by Gasteiger charge is 2.19. The topological polar surface area (TPSA) is 114 Å². The number of aromatic nitrogens is 3. The second-order valence-electron chi connectivity index (χ2n) is 8.48. The number of aromatic amines is 1. The zero-order chi connectivity index (χ0) is 23.4. The lowest BCUT2D eigenvalue weighted by Crippen LogP contribution is -2.46. The van der Waals surface area contributed by atoms with E-state index in [0.29, 0.717) is 12.1 Å². The number of aliphatic hydroxyl groups is 1. The minimum atomic E-state index is -0.307. The van der Waals surface area contributed by atoms with Gasteiger partial charge in [0.25, 0.3) is 11.5 Å². The SMILES string of the molecule is CCc1cc2ncc(CN3CCN(c4ccc(C(=O)N[C@H](C)CO)nc4)CC3)cc2[nH]c1=O. The highest BCUT2D eigenvalue weighted by molar-refractivity contribution is 5.92. The Morgan fingerprint density at radius 3 is 2.64 bits per heavy atom. The molecular formula is C24H30N6O3. The van der Waals surface area contributed by atoms with E-state index in [1.54, 1.807) is 19.2 Å². The van der Waals surface area contributed by atoms with Crippen molar-refractivity contribution in [1.29, 1.82) is 0 Å². The Balaban J connectivity index is 1.34.